The predicted octanol–water partition coefficient (Wildman–Crippen LogP) is 4.10. The average Bonchev–Trinajstić information content (AvgIpc) is 3.44. The largest absolute Gasteiger partial charge is 0.484 e. The molecule has 0 aliphatic heterocycles. The molecule has 1 amide bonds. The van der Waals surface area contributed by atoms with Crippen molar-refractivity contribution < 1.29 is 18.3 Å². The van der Waals surface area contributed by atoms with Gasteiger partial charge >= 0.3 is 0 Å². The Bertz CT molecular complexity index is 973. The third kappa shape index (κ3) is 4.31. The van der Waals surface area contributed by atoms with Gasteiger partial charge in [-0.05, 0) is 49.2 Å². The highest BCUT2D eigenvalue weighted by Crippen LogP contribution is 2.30. The molecule has 1 aromatic heterocycles. The fourth-order valence-corrected chi connectivity index (χ4v) is 2.99. The van der Waals surface area contributed by atoms with Crippen LogP contribution in [-0.2, 0) is 11.3 Å². The molecule has 4 rings (SSSR count). The van der Waals surface area contributed by atoms with Crippen LogP contribution in [0.1, 0.15) is 18.7 Å². The number of carbonyl (C=O) groups is 1. The molecule has 0 bridgehead atoms. The summed E-state index contributed by atoms with van der Waals surface area (Å²) in [5, 5.41) is 8.59. The molecule has 0 unspecified atom stereocenters. The Kier molecular flexibility index (Phi) is 5.25. The normalized spacial score (nSPS) is 13.4. The number of amides is 1. The van der Waals surface area contributed by atoms with Gasteiger partial charge in [0, 0.05) is 6.04 Å². The molecule has 1 saturated carbocycles. The van der Waals surface area contributed by atoms with Gasteiger partial charge in [-0.25, -0.2) is 4.39 Å². The standard InChI is InChI=1S/C20H17ClFN3O3/c21-17-4-2-1-3-16(17)20-24-23-18(28-20)11-25(14-7-8-14)19(26)12-27-15-9-5-13(22)6-10-15/h1-6,9-10,14H,7-8,11-12H2. The highest BCUT2D eigenvalue weighted by molar-refractivity contribution is 6.33. The topological polar surface area (TPSA) is 68.5 Å². The van der Waals surface area contributed by atoms with Crippen LogP contribution >= 0.6 is 11.6 Å². The Morgan fingerprint density at radius 1 is 1.18 bits per heavy atom. The zero-order chi connectivity index (χ0) is 19.5. The first-order chi connectivity index (χ1) is 13.6. The number of halogens is 2. The van der Waals surface area contributed by atoms with Crippen molar-refractivity contribution in [3.05, 3.63) is 65.3 Å². The molecular formula is C20H17ClFN3O3. The molecular weight excluding hydrogens is 385 g/mol. The SMILES string of the molecule is O=C(COc1ccc(F)cc1)N(Cc1nnc(-c2ccccc2Cl)o1)C1CC1. The monoisotopic (exact) mass is 401 g/mol. The molecule has 8 heteroatoms. The fraction of sp³-hybridized carbons (Fsp3) is 0.250. The van der Waals surface area contributed by atoms with E-state index < -0.39 is 0 Å². The molecule has 1 aliphatic carbocycles. The van der Waals surface area contributed by atoms with Gasteiger partial charge in [0.05, 0.1) is 17.1 Å². The lowest BCUT2D eigenvalue weighted by Gasteiger charge is -2.20. The van der Waals surface area contributed by atoms with Gasteiger partial charge in [0.1, 0.15) is 11.6 Å². The highest BCUT2D eigenvalue weighted by atomic mass is 35.5. The Morgan fingerprint density at radius 3 is 2.64 bits per heavy atom. The van der Waals surface area contributed by atoms with Crippen LogP contribution in [-0.4, -0.2) is 33.7 Å². The first-order valence-electron chi connectivity index (χ1n) is 8.85. The second-order valence-electron chi connectivity index (χ2n) is 6.48. The second kappa shape index (κ2) is 7.98. The summed E-state index contributed by atoms with van der Waals surface area (Å²) in [6.07, 6.45) is 1.85. The summed E-state index contributed by atoms with van der Waals surface area (Å²) >= 11 is 6.16. The molecule has 1 aliphatic rings. The Hall–Kier alpha value is -2.93. The first-order valence-corrected chi connectivity index (χ1v) is 9.23. The molecule has 3 aromatic rings. The Morgan fingerprint density at radius 2 is 1.93 bits per heavy atom. The van der Waals surface area contributed by atoms with Crippen molar-refractivity contribution in [2.24, 2.45) is 0 Å². The third-order valence-electron chi connectivity index (χ3n) is 4.36. The van der Waals surface area contributed by atoms with Crippen LogP contribution in [0.3, 0.4) is 0 Å². The van der Waals surface area contributed by atoms with E-state index in [2.05, 4.69) is 10.2 Å². The van der Waals surface area contributed by atoms with Crippen LogP contribution in [0.4, 0.5) is 4.39 Å². The molecule has 1 heterocycles. The van der Waals surface area contributed by atoms with Crippen LogP contribution in [0.25, 0.3) is 11.5 Å². The van der Waals surface area contributed by atoms with E-state index in [9.17, 15) is 9.18 Å². The number of ether oxygens (including phenoxy) is 1. The van der Waals surface area contributed by atoms with Gasteiger partial charge in [-0.15, -0.1) is 10.2 Å². The maximum Gasteiger partial charge on any atom is 0.261 e. The molecule has 0 saturated heterocycles. The lowest BCUT2D eigenvalue weighted by molar-refractivity contribution is -0.134. The zero-order valence-electron chi connectivity index (χ0n) is 14.8. The van der Waals surface area contributed by atoms with Crippen LogP contribution in [0.15, 0.2) is 52.9 Å². The number of carbonyl (C=O) groups excluding carboxylic acids is 1. The van der Waals surface area contributed by atoms with Gasteiger partial charge in [0.2, 0.25) is 11.8 Å². The molecule has 0 spiro atoms. The molecule has 144 valence electrons. The van der Waals surface area contributed by atoms with E-state index in [4.69, 9.17) is 20.8 Å². The average molecular weight is 402 g/mol. The summed E-state index contributed by atoms with van der Waals surface area (Å²) < 4.78 is 24.1. The molecule has 2 aromatic carbocycles. The maximum absolute atomic E-state index is 13.0. The fourth-order valence-electron chi connectivity index (χ4n) is 2.77. The molecule has 28 heavy (non-hydrogen) atoms. The van der Waals surface area contributed by atoms with Crippen LogP contribution in [0.5, 0.6) is 5.75 Å². The highest BCUT2D eigenvalue weighted by Gasteiger charge is 2.34. The number of benzene rings is 2. The number of rotatable bonds is 7. The van der Waals surface area contributed by atoms with E-state index in [1.807, 2.05) is 12.1 Å². The van der Waals surface area contributed by atoms with E-state index >= 15 is 0 Å². The van der Waals surface area contributed by atoms with Crippen molar-refractivity contribution in [1.29, 1.82) is 0 Å². The van der Waals surface area contributed by atoms with E-state index in [1.165, 1.54) is 24.3 Å². The number of hydrogen-bond acceptors (Lipinski definition) is 5. The third-order valence-corrected chi connectivity index (χ3v) is 4.69. The summed E-state index contributed by atoms with van der Waals surface area (Å²) in [5.74, 6) is 0.529. The van der Waals surface area contributed by atoms with E-state index in [0.717, 1.165) is 12.8 Å². The summed E-state index contributed by atoms with van der Waals surface area (Å²) in [6.45, 7) is 0.0569. The second-order valence-corrected chi connectivity index (χ2v) is 6.88. The predicted molar refractivity (Wildman–Crippen MR) is 100 cm³/mol. The number of hydrogen-bond donors (Lipinski definition) is 0. The molecule has 0 radical (unpaired) electrons. The smallest absolute Gasteiger partial charge is 0.261 e. The van der Waals surface area contributed by atoms with Crippen molar-refractivity contribution in [1.82, 2.24) is 15.1 Å². The molecule has 0 atom stereocenters. The number of nitrogens with zero attached hydrogens (tertiary/aromatic N) is 3. The summed E-state index contributed by atoms with van der Waals surface area (Å²) in [7, 11) is 0. The van der Waals surface area contributed by atoms with Crippen LogP contribution in [0, 0.1) is 5.82 Å². The van der Waals surface area contributed by atoms with Crippen molar-refractivity contribution in [3.63, 3.8) is 0 Å². The minimum absolute atomic E-state index is 0.139. The van der Waals surface area contributed by atoms with Crippen molar-refractivity contribution in [2.75, 3.05) is 6.61 Å². The van der Waals surface area contributed by atoms with Gasteiger partial charge in [-0.1, -0.05) is 23.7 Å². The Labute approximate surface area is 165 Å². The zero-order valence-corrected chi connectivity index (χ0v) is 15.6. The lowest BCUT2D eigenvalue weighted by Crippen LogP contribution is -2.36. The quantitative estimate of drug-likeness (QED) is 0.596. The summed E-state index contributed by atoms with van der Waals surface area (Å²) in [4.78, 5) is 14.3. The van der Waals surface area contributed by atoms with Crippen LogP contribution in [0.2, 0.25) is 5.02 Å². The molecule has 6 nitrogen and oxygen atoms in total. The maximum atomic E-state index is 13.0. The van der Waals surface area contributed by atoms with E-state index in [0.29, 0.717) is 28.1 Å². The van der Waals surface area contributed by atoms with Gasteiger partial charge in [0.15, 0.2) is 6.61 Å². The summed E-state index contributed by atoms with van der Waals surface area (Å²) in [5.41, 5.74) is 0.645. The van der Waals surface area contributed by atoms with Crippen LogP contribution < -0.4 is 4.74 Å². The molecule has 0 N–H and O–H groups in total. The Balaban J connectivity index is 1.42. The number of aromatic nitrogens is 2. The first kappa shape index (κ1) is 18.4. The van der Waals surface area contributed by atoms with E-state index in [-0.39, 0.29) is 30.9 Å². The van der Waals surface area contributed by atoms with Gasteiger partial charge < -0.3 is 14.1 Å². The van der Waals surface area contributed by atoms with Crippen molar-refractivity contribution >= 4 is 17.5 Å². The lowest BCUT2D eigenvalue weighted by atomic mass is 10.2. The summed E-state index contributed by atoms with van der Waals surface area (Å²) in [6, 6.07) is 12.9. The van der Waals surface area contributed by atoms with Crippen molar-refractivity contribution in [2.45, 2.75) is 25.4 Å². The minimum atomic E-state index is -0.357. The van der Waals surface area contributed by atoms with Gasteiger partial charge in [-0.3, -0.25) is 4.79 Å². The molecule has 1 fully saturated rings. The van der Waals surface area contributed by atoms with Gasteiger partial charge in [-0.2, -0.15) is 0 Å². The van der Waals surface area contributed by atoms with Crippen molar-refractivity contribution in [3.8, 4) is 17.2 Å². The van der Waals surface area contributed by atoms with Gasteiger partial charge in [0.25, 0.3) is 5.91 Å². The van der Waals surface area contributed by atoms with E-state index in [1.54, 1.807) is 17.0 Å². The minimum Gasteiger partial charge on any atom is -0.484 e.